The van der Waals surface area contributed by atoms with E-state index in [1.807, 2.05) is 13.8 Å². The third kappa shape index (κ3) is 4.02. The van der Waals surface area contributed by atoms with Crippen molar-refractivity contribution in [2.24, 2.45) is 0 Å². The molecule has 94 valence electrons. The largest absolute Gasteiger partial charge is 0.478 e. The zero-order chi connectivity index (χ0) is 13.1. The molecule has 0 saturated carbocycles. The lowest BCUT2D eigenvalue weighted by atomic mass is 10.1. The number of rotatable bonds is 5. The molecular formula is C13H17ClO3. The van der Waals surface area contributed by atoms with E-state index < -0.39 is 5.97 Å². The molecule has 1 N–H and O–H groups in total. The first-order valence-corrected chi connectivity index (χ1v) is 5.89. The summed E-state index contributed by atoms with van der Waals surface area (Å²) in [4.78, 5) is 10.7. The first kappa shape index (κ1) is 14.0. The lowest BCUT2D eigenvalue weighted by Gasteiger charge is -2.23. The monoisotopic (exact) mass is 256 g/mol. The standard InChI is InChI=1S/C13H17ClO3/c1-4-13(2,3)17-8-10-6-5-9(12(15)16)7-11(10)14/h5-7H,4,8H2,1-3H3,(H,15,16). The Bertz CT molecular complexity index is 413. The van der Waals surface area contributed by atoms with E-state index in [0.29, 0.717) is 11.6 Å². The molecule has 0 aliphatic heterocycles. The molecular weight excluding hydrogens is 240 g/mol. The normalized spacial score (nSPS) is 11.5. The van der Waals surface area contributed by atoms with Gasteiger partial charge in [0.05, 0.1) is 17.8 Å². The van der Waals surface area contributed by atoms with Crippen molar-refractivity contribution in [2.45, 2.75) is 39.4 Å². The Labute approximate surface area is 106 Å². The van der Waals surface area contributed by atoms with E-state index in [0.717, 1.165) is 12.0 Å². The van der Waals surface area contributed by atoms with Crippen LogP contribution in [0.2, 0.25) is 5.02 Å². The van der Waals surface area contributed by atoms with E-state index in [1.165, 1.54) is 12.1 Å². The second-order valence-corrected chi connectivity index (χ2v) is 4.92. The molecule has 0 aromatic heterocycles. The van der Waals surface area contributed by atoms with Crippen LogP contribution in [0.1, 0.15) is 43.1 Å². The number of aromatic carboxylic acids is 1. The van der Waals surface area contributed by atoms with Gasteiger partial charge in [0.25, 0.3) is 0 Å². The van der Waals surface area contributed by atoms with Crippen LogP contribution in [-0.2, 0) is 11.3 Å². The van der Waals surface area contributed by atoms with Gasteiger partial charge in [0.1, 0.15) is 0 Å². The summed E-state index contributed by atoms with van der Waals surface area (Å²) in [6.45, 7) is 6.45. The smallest absolute Gasteiger partial charge is 0.335 e. The Balaban J connectivity index is 2.77. The highest BCUT2D eigenvalue weighted by Crippen LogP contribution is 2.22. The molecule has 0 unspecified atom stereocenters. The Morgan fingerprint density at radius 1 is 1.47 bits per heavy atom. The number of benzene rings is 1. The van der Waals surface area contributed by atoms with Crippen LogP contribution in [-0.4, -0.2) is 16.7 Å². The predicted octanol–water partition coefficient (Wildman–Crippen LogP) is 3.74. The lowest BCUT2D eigenvalue weighted by Crippen LogP contribution is -2.22. The minimum absolute atomic E-state index is 0.188. The van der Waals surface area contributed by atoms with Crippen molar-refractivity contribution >= 4 is 17.6 Å². The van der Waals surface area contributed by atoms with Crippen LogP contribution in [0.15, 0.2) is 18.2 Å². The molecule has 0 saturated heterocycles. The number of hydrogen-bond donors (Lipinski definition) is 1. The highest BCUT2D eigenvalue weighted by molar-refractivity contribution is 6.31. The zero-order valence-electron chi connectivity index (χ0n) is 10.3. The van der Waals surface area contributed by atoms with Crippen molar-refractivity contribution in [3.8, 4) is 0 Å². The molecule has 1 aromatic carbocycles. The van der Waals surface area contributed by atoms with Crippen molar-refractivity contribution < 1.29 is 14.6 Å². The number of carbonyl (C=O) groups is 1. The molecule has 0 aliphatic rings. The van der Waals surface area contributed by atoms with Crippen LogP contribution >= 0.6 is 11.6 Å². The van der Waals surface area contributed by atoms with Crippen LogP contribution in [0, 0.1) is 0 Å². The van der Waals surface area contributed by atoms with Crippen molar-refractivity contribution in [1.29, 1.82) is 0 Å². The van der Waals surface area contributed by atoms with Crippen molar-refractivity contribution in [2.75, 3.05) is 0 Å². The molecule has 0 radical (unpaired) electrons. The van der Waals surface area contributed by atoms with E-state index >= 15 is 0 Å². The van der Waals surface area contributed by atoms with Gasteiger partial charge in [-0.2, -0.15) is 0 Å². The topological polar surface area (TPSA) is 46.5 Å². The number of ether oxygens (including phenoxy) is 1. The second-order valence-electron chi connectivity index (χ2n) is 4.51. The second kappa shape index (κ2) is 5.52. The van der Waals surface area contributed by atoms with Gasteiger partial charge in [0.15, 0.2) is 0 Å². The summed E-state index contributed by atoms with van der Waals surface area (Å²) in [5.74, 6) is -0.978. The van der Waals surface area contributed by atoms with E-state index in [4.69, 9.17) is 21.4 Å². The molecule has 0 atom stereocenters. The van der Waals surface area contributed by atoms with Gasteiger partial charge in [-0.1, -0.05) is 24.6 Å². The Hall–Kier alpha value is -1.06. The molecule has 3 nitrogen and oxygen atoms in total. The minimum atomic E-state index is -0.978. The van der Waals surface area contributed by atoms with E-state index in [2.05, 4.69) is 6.92 Å². The van der Waals surface area contributed by atoms with Gasteiger partial charge >= 0.3 is 5.97 Å². The SMILES string of the molecule is CCC(C)(C)OCc1ccc(C(=O)O)cc1Cl. The summed E-state index contributed by atoms with van der Waals surface area (Å²) in [5, 5.41) is 9.24. The van der Waals surface area contributed by atoms with Gasteiger partial charge in [-0.3, -0.25) is 0 Å². The summed E-state index contributed by atoms with van der Waals surface area (Å²) in [7, 11) is 0. The molecule has 1 aromatic rings. The van der Waals surface area contributed by atoms with Crippen LogP contribution in [0.25, 0.3) is 0 Å². The maximum absolute atomic E-state index is 10.7. The Kier molecular flexibility index (Phi) is 4.54. The lowest BCUT2D eigenvalue weighted by molar-refractivity contribution is -0.0316. The van der Waals surface area contributed by atoms with E-state index in [9.17, 15) is 4.79 Å². The molecule has 0 fully saturated rings. The molecule has 17 heavy (non-hydrogen) atoms. The van der Waals surface area contributed by atoms with Crippen LogP contribution < -0.4 is 0 Å². The van der Waals surface area contributed by atoms with Gasteiger partial charge in [-0.25, -0.2) is 4.79 Å². The van der Waals surface area contributed by atoms with Crippen molar-refractivity contribution in [3.63, 3.8) is 0 Å². The molecule has 4 heteroatoms. The zero-order valence-corrected chi connectivity index (χ0v) is 11.0. The molecule has 0 amide bonds. The third-order valence-electron chi connectivity index (χ3n) is 2.77. The molecule has 0 heterocycles. The van der Waals surface area contributed by atoms with Crippen LogP contribution in [0.3, 0.4) is 0 Å². The number of carboxylic acids is 1. The average molecular weight is 257 g/mol. The first-order valence-electron chi connectivity index (χ1n) is 5.51. The Morgan fingerprint density at radius 2 is 2.12 bits per heavy atom. The maximum atomic E-state index is 10.7. The first-order chi connectivity index (χ1) is 7.85. The highest BCUT2D eigenvalue weighted by Gasteiger charge is 2.16. The molecule has 0 bridgehead atoms. The molecule has 0 aliphatic carbocycles. The average Bonchev–Trinajstić information content (AvgIpc) is 2.27. The third-order valence-corrected chi connectivity index (χ3v) is 3.12. The fourth-order valence-corrected chi connectivity index (χ4v) is 1.41. The summed E-state index contributed by atoms with van der Waals surface area (Å²) >= 11 is 6.00. The fourth-order valence-electron chi connectivity index (χ4n) is 1.17. The Morgan fingerprint density at radius 3 is 2.59 bits per heavy atom. The van der Waals surface area contributed by atoms with Gasteiger partial charge in [0, 0.05) is 5.02 Å². The fraction of sp³-hybridized carbons (Fsp3) is 0.462. The van der Waals surface area contributed by atoms with Crippen LogP contribution in [0.4, 0.5) is 0 Å². The minimum Gasteiger partial charge on any atom is -0.478 e. The molecule has 0 spiro atoms. The summed E-state index contributed by atoms with van der Waals surface area (Å²) < 4.78 is 5.71. The highest BCUT2D eigenvalue weighted by atomic mass is 35.5. The van der Waals surface area contributed by atoms with Crippen molar-refractivity contribution in [3.05, 3.63) is 34.3 Å². The van der Waals surface area contributed by atoms with E-state index in [1.54, 1.807) is 6.07 Å². The predicted molar refractivity (Wildman–Crippen MR) is 67.6 cm³/mol. The van der Waals surface area contributed by atoms with Gasteiger partial charge < -0.3 is 9.84 Å². The summed E-state index contributed by atoms with van der Waals surface area (Å²) in [6, 6.07) is 4.67. The van der Waals surface area contributed by atoms with Gasteiger partial charge in [0.2, 0.25) is 0 Å². The van der Waals surface area contributed by atoms with Crippen LogP contribution in [0.5, 0.6) is 0 Å². The van der Waals surface area contributed by atoms with Gasteiger partial charge in [-0.15, -0.1) is 0 Å². The van der Waals surface area contributed by atoms with E-state index in [-0.39, 0.29) is 11.2 Å². The quantitative estimate of drug-likeness (QED) is 0.873. The molecule has 1 rings (SSSR count). The maximum Gasteiger partial charge on any atom is 0.335 e. The van der Waals surface area contributed by atoms with Crippen molar-refractivity contribution in [1.82, 2.24) is 0 Å². The number of carboxylic acid groups (broad SMARTS) is 1. The van der Waals surface area contributed by atoms with Gasteiger partial charge in [-0.05, 0) is 38.0 Å². The summed E-state index contributed by atoms with van der Waals surface area (Å²) in [6.07, 6.45) is 0.901. The summed E-state index contributed by atoms with van der Waals surface area (Å²) in [5.41, 5.74) is 0.793. The number of hydrogen-bond acceptors (Lipinski definition) is 2. The number of halogens is 1.